The zero-order valence-electron chi connectivity index (χ0n) is 16.6. The highest BCUT2D eigenvalue weighted by molar-refractivity contribution is 6.05. The number of ether oxygens (including phenoxy) is 1. The molecular formula is C23H28N2O3. The van der Waals surface area contributed by atoms with Crippen molar-refractivity contribution in [1.82, 2.24) is 4.90 Å². The average Bonchev–Trinajstić information content (AvgIpc) is 2.73. The molecule has 3 rings (SSSR count). The summed E-state index contributed by atoms with van der Waals surface area (Å²) in [6.07, 6.45) is 3.02. The molecule has 2 aromatic carbocycles. The number of carbonyl (C=O) groups is 2. The number of carbonyl (C=O) groups excluding carboxylic acids is 2. The highest BCUT2D eigenvalue weighted by Crippen LogP contribution is 2.20. The van der Waals surface area contributed by atoms with Gasteiger partial charge in [0.2, 0.25) is 0 Å². The summed E-state index contributed by atoms with van der Waals surface area (Å²) in [5, 5.41) is 2.88. The van der Waals surface area contributed by atoms with Crippen LogP contribution in [0.4, 0.5) is 5.69 Å². The standard InChI is InChI=1S/C23H28N2O3/c1-3-15-28-21-9-7-18(8-10-21)22(26)24-20-6-4-5-19(16-20)23(27)25-13-11-17(2)12-14-25/h4-10,16-17H,3,11-15H2,1-2H3,(H,24,26). The molecule has 0 unspecified atom stereocenters. The number of rotatable bonds is 6. The highest BCUT2D eigenvalue weighted by Gasteiger charge is 2.21. The summed E-state index contributed by atoms with van der Waals surface area (Å²) in [7, 11) is 0. The topological polar surface area (TPSA) is 58.6 Å². The van der Waals surface area contributed by atoms with Crippen LogP contribution in [0.5, 0.6) is 5.75 Å². The Morgan fingerprint density at radius 3 is 2.46 bits per heavy atom. The molecule has 148 valence electrons. The van der Waals surface area contributed by atoms with Crippen LogP contribution in [-0.2, 0) is 0 Å². The molecule has 5 heteroatoms. The van der Waals surface area contributed by atoms with E-state index in [4.69, 9.17) is 4.74 Å². The molecule has 28 heavy (non-hydrogen) atoms. The summed E-state index contributed by atoms with van der Waals surface area (Å²) in [6.45, 7) is 6.52. The highest BCUT2D eigenvalue weighted by atomic mass is 16.5. The summed E-state index contributed by atoms with van der Waals surface area (Å²) in [5.74, 6) is 1.24. The molecule has 0 spiro atoms. The van der Waals surface area contributed by atoms with E-state index >= 15 is 0 Å². The number of hydrogen-bond donors (Lipinski definition) is 1. The minimum absolute atomic E-state index is 0.0282. The van der Waals surface area contributed by atoms with Crippen molar-refractivity contribution in [1.29, 1.82) is 0 Å². The number of hydrogen-bond acceptors (Lipinski definition) is 3. The van der Waals surface area contributed by atoms with Crippen molar-refractivity contribution in [3.63, 3.8) is 0 Å². The lowest BCUT2D eigenvalue weighted by molar-refractivity contribution is 0.0697. The zero-order chi connectivity index (χ0) is 19.9. The summed E-state index contributed by atoms with van der Waals surface area (Å²) in [6, 6.07) is 14.2. The number of amides is 2. The predicted octanol–water partition coefficient (Wildman–Crippen LogP) is 4.60. The second kappa shape index (κ2) is 9.40. The minimum atomic E-state index is -0.210. The lowest BCUT2D eigenvalue weighted by atomic mass is 9.98. The third-order valence-electron chi connectivity index (χ3n) is 5.03. The fraction of sp³-hybridized carbons (Fsp3) is 0.391. The van der Waals surface area contributed by atoms with Crippen molar-refractivity contribution in [2.75, 3.05) is 25.0 Å². The van der Waals surface area contributed by atoms with E-state index < -0.39 is 0 Å². The number of benzene rings is 2. The fourth-order valence-electron chi connectivity index (χ4n) is 3.25. The van der Waals surface area contributed by atoms with Crippen LogP contribution in [0.1, 0.15) is 53.8 Å². The summed E-state index contributed by atoms with van der Waals surface area (Å²) >= 11 is 0. The Labute approximate surface area is 166 Å². The smallest absolute Gasteiger partial charge is 0.255 e. The Morgan fingerprint density at radius 1 is 1.07 bits per heavy atom. The van der Waals surface area contributed by atoms with E-state index in [1.807, 2.05) is 11.8 Å². The van der Waals surface area contributed by atoms with E-state index in [1.165, 1.54) is 0 Å². The normalized spacial score (nSPS) is 14.6. The third kappa shape index (κ3) is 5.12. The number of piperidine rings is 1. The lowest BCUT2D eigenvalue weighted by Crippen LogP contribution is -2.37. The number of likely N-dealkylation sites (tertiary alicyclic amines) is 1. The van der Waals surface area contributed by atoms with Gasteiger partial charge in [-0.25, -0.2) is 0 Å². The maximum atomic E-state index is 12.7. The van der Waals surface area contributed by atoms with Crippen molar-refractivity contribution in [3.8, 4) is 5.75 Å². The molecule has 0 bridgehead atoms. The molecule has 1 N–H and O–H groups in total. The van der Waals surface area contributed by atoms with Crippen LogP contribution in [0.2, 0.25) is 0 Å². The van der Waals surface area contributed by atoms with Crippen LogP contribution in [0, 0.1) is 5.92 Å². The summed E-state index contributed by atoms with van der Waals surface area (Å²) in [4.78, 5) is 27.1. The lowest BCUT2D eigenvalue weighted by Gasteiger charge is -2.30. The first-order valence-electron chi connectivity index (χ1n) is 10.0. The van der Waals surface area contributed by atoms with Gasteiger partial charge in [-0.1, -0.05) is 19.9 Å². The molecule has 0 saturated carbocycles. The van der Waals surface area contributed by atoms with E-state index in [2.05, 4.69) is 12.2 Å². The molecule has 2 amide bonds. The van der Waals surface area contributed by atoms with Gasteiger partial charge < -0.3 is 15.0 Å². The molecule has 2 aromatic rings. The number of nitrogens with one attached hydrogen (secondary N) is 1. The molecule has 1 aliphatic rings. The molecule has 0 aliphatic carbocycles. The monoisotopic (exact) mass is 380 g/mol. The van der Waals surface area contributed by atoms with Crippen molar-refractivity contribution < 1.29 is 14.3 Å². The van der Waals surface area contributed by atoms with Gasteiger partial charge in [0.25, 0.3) is 11.8 Å². The molecule has 1 aliphatic heterocycles. The molecule has 0 atom stereocenters. The quantitative estimate of drug-likeness (QED) is 0.797. The SMILES string of the molecule is CCCOc1ccc(C(=O)Nc2cccc(C(=O)N3CCC(C)CC3)c2)cc1. The van der Waals surface area contributed by atoms with Crippen molar-refractivity contribution in [3.05, 3.63) is 59.7 Å². The van der Waals surface area contributed by atoms with Gasteiger partial charge in [-0.2, -0.15) is 0 Å². The number of anilines is 1. The van der Waals surface area contributed by atoms with Crippen LogP contribution in [0.3, 0.4) is 0 Å². The molecule has 0 radical (unpaired) electrons. The maximum Gasteiger partial charge on any atom is 0.255 e. The van der Waals surface area contributed by atoms with Crippen LogP contribution in [-0.4, -0.2) is 36.4 Å². The van der Waals surface area contributed by atoms with Crippen molar-refractivity contribution in [2.45, 2.75) is 33.1 Å². The summed E-state index contributed by atoms with van der Waals surface area (Å²) < 4.78 is 5.54. The second-order valence-electron chi connectivity index (χ2n) is 7.38. The summed E-state index contributed by atoms with van der Waals surface area (Å²) in [5.41, 5.74) is 1.77. The average molecular weight is 380 g/mol. The first-order chi connectivity index (χ1) is 13.6. The molecule has 1 fully saturated rings. The van der Waals surface area contributed by atoms with E-state index in [9.17, 15) is 9.59 Å². The van der Waals surface area contributed by atoms with Crippen LogP contribution in [0.15, 0.2) is 48.5 Å². The molecule has 1 saturated heterocycles. The first-order valence-corrected chi connectivity index (χ1v) is 10.0. The Balaban J connectivity index is 1.63. The molecule has 1 heterocycles. The third-order valence-corrected chi connectivity index (χ3v) is 5.03. The van der Waals surface area contributed by atoms with Gasteiger partial charge in [0.15, 0.2) is 0 Å². The van der Waals surface area contributed by atoms with Crippen molar-refractivity contribution >= 4 is 17.5 Å². The van der Waals surface area contributed by atoms with Gasteiger partial charge in [0.1, 0.15) is 5.75 Å². The maximum absolute atomic E-state index is 12.7. The van der Waals surface area contributed by atoms with Gasteiger partial charge in [0, 0.05) is 29.9 Å². The van der Waals surface area contributed by atoms with Gasteiger partial charge in [-0.15, -0.1) is 0 Å². The van der Waals surface area contributed by atoms with E-state index in [0.717, 1.165) is 38.1 Å². The van der Waals surface area contributed by atoms with Crippen LogP contribution in [0.25, 0.3) is 0 Å². The van der Waals surface area contributed by atoms with E-state index in [-0.39, 0.29) is 11.8 Å². The van der Waals surface area contributed by atoms with Crippen LogP contribution >= 0.6 is 0 Å². The fourth-order valence-corrected chi connectivity index (χ4v) is 3.25. The Morgan fingerprint density at radius 2 is 1.79 bits per heavy atom. The van der Waals surface area contributed by atoms with Crippen LogP contribution < -0.4 is 10.1 Å². The second-order valence-corrected chi connectivity index (χ2v) is 7.38. The minimum Gasteiger partial charge on any atom is -0.494 e. The van der Waals surface area contributed by atoms with Crippen molar-refractivity contribution in [2.24, 2.45) is 5.92 Å². The Bertz CT molecular complexity index is 809. The zero-order valence-corrected chi connectivity index (χ0v) is 16.6. The van der Waals surface area contributed by atoms with Gasteiger partial charge in [-0.3, -0.25) is 9.59 Å². The molecule has 0 aromatic heterocycles. The molecular weight excluding hydrogens is 352 g/mol. The molecule has 5 nitrogen and oxygen atoms in total. The van der Waals surface area contributed by atoms with E-state index in [0.29, 0.717) is 29.3 Å². The van der Waals surface area contributed by atoms with Gasteiger partial charge >= 0.3 is 0 Å². The van der Waals surface area contributed by atoms with Gasteiger partial charge in [0.05, 0.1) is 6.61 Å². The number of nitrogens with zero attached hydrogens (tertiary/aromatic N) is 1. The van der Waals surface area contributed by atoms with E-state index in [1.54, 1.807) is 48.5 Å². The largest absolute Gasteiger partial charge is 0.494 e. The van der Waals surface area contributed by atoms with Gasteiger partial charge in [-0.05, 0) is 67.6 Å². The first kappa shape index (κ1) is 19.9. The Kier molecular flexibility index (Phi) is 6.69. The Hall–Kier alpha value is -2.82. The predicted molar refractivity (Wildman–Crippen MR) is 111 cm³/mol.